The van der Waals surface area contributed by atoms with Crippen LogP contribution in [-0.4, -0.2) is 16.7 Å². The van der Waals surface area contributed by atoms with Crippen molar-refractivity contribution < 1.29 is 9.47 Å². The van der Waals surface area contributed by atoms with Gasteiger partial charge in [0.15, 0.2) is 0 Å². The van der Waals surface area contributed by atoms with Gasteiger partial charge in [0.25, 0.3) is 0 Å². The molecule has 1 aromatic carbocycles. The van der Waals surface area contributed by atoms with Gasteiger partial charge in [0, 0.05) is 18.9 Å². The Hall–Kier alpha value is -1.97. The van der Waals surface area contributed by atoms with Crippen molar-refractivity contribution in [2.24, 2.45) is 7.05 Å². The van der Waals surface area contributed by atoms with E-state index in [0.29, 0.717) is 6.61 Å². The number of hydrogen-bond donors (Lipinski definition) is 0. The highest BCUT2D eigenvalue weighted by atomic mass is 16.5. The van der Waals surface area contributed by atoms with Crippen LogP contribution in [0.5, 0.6) is 11.5 Å². The third kappa shape index (κ3) is 2.58. The lowest BCUT2D eigenvalue weighted by atomic mass is 10.3. The minimum Gasteiger partial charge on any atom is -0.497 e. The molecule has 0 atom stereocenters. The Labute approximate surface area is 101 Å². The van der Waals surface area contributed by atoms with Gasteiger partial charge >= 0.3 is 0 Å². The normalized spacial score (nSPS) is 10.3. The van der Waals surface area contributed by atoms with Crippen molar-refractivity contribution in [1.29, 1.82) is 0 Å². The second-order valence-electron chi connectivity index (χ2n) is 3.84. The summed E-state index contributed by atoms with van der Waals surface area (Å²) in [6, 6.07) is 7.52. The zero-order chi connectivity index (χ0) is 12.3. The average Bonchev–Trinajstić information content (AvgIpc) is 2.68. The van der Waals surface area contributed by atoms with Gasteiger partial charge in [0.1, 0.15) is 23.9 Å². The number of aromatic nitrogens is 2. The summed E-state index contributed by atoms with van der Waals surface area (Å²) in [6.45, 7) is 2.49. The second kappa shape index (κ2) is 4.91. The maximum Gasteiger partial charge on any atom is 0.146 e. The Kier molecular flexibility index (Phi) is 3.32. The van der Waals surface area contributed by atoms with E-state index in [0.717, 1.165) is 23.0 Å². The number of hydrogen-bond acceptors (Lipinski definition) is 3. The highest BCUT2D eigenvalue weighted by molar-refractivity contribution is 5.31. The van der Waals surface area contributed by atoms with Gasteiger partial charge < -0.3 is 14.0 Å². The van der Waals surface area contributed by atoms with Crippen LogP contribution >= 0.6 is 0 Å². The molecule has 1 heterocycles. The van der Waals surface area contributed by atoms with Crippen LogP contribution in [0.4, 0.5) is 0 Å². The number of methoxy groups -OCH3 is 1. The van der Waals surface area contributed by atoms with E-state index in [1.165, 1.54) is 0 Å². The molecule has 0 aliphatic heterocycles. The van der Waals surface area contributed by atoms with Gasteiger partial charge in [-0.3, -0.25) is 0 Å². The molecule has 0 spiro atoms. The summed E-state index contributed by atoms with van der Waals surface area (Å²) in [5.74, 6) is 2.55. The van der Waals surface area contributed by atoms with Gasteiger partial charge in [-0.15, -0.1) is 0 Å². The fourth-order valence-electron chi connectivity index (χ4n) is 1.50. The Bertz CT molecular complexity index is 489. The van der Waals surface area contributed by atoms with Crippen molar-refractivity contribution in [3.8, 4) is 11.5 Å². The number of imidazole rings is 1. The third-order valence-electron chi connectivity index (χ3n) is 2.74. The maximum atomic E-state index is 5.65. The molecule has 2 rings (SSSR count). The van der Waals surface area contributed by atoms with Crippen molar-refractivity contribution in [2.45, 2.75) is 13.5 Å². The largest absolute Gasteiger partial charge is 0.497 e. The highest BCUT2D eigenvalue weighted by Gasteiger charge is 2.03. The molecule has 0 amide bonds. The van der Waals surface area contributed by atoms with Gasteiger partial charge in [-0.2, -0.15) is 0 Å². The molecule has 2 aromatic rings. The summed E-state index contributed by atoms with van der Waals surface area (Å²) in [5.41, 5.74) is 1.12. The summed E-state index contributed by atoms with van der Waals surface area (Å²) in [6.07, 6.45) is 1.84. The van der Waals surface area contributed by atoms with E-state index in [2.05, 4.69) is 4.98 Å². The maximum absolute atomic E-state index is 5.65. The SMILES string of the molecule is COc1ccc(OCc2ncc(C)n2C)cc1. The predicted molar refractivity (Wildman–Crippen MR) is 65.3 cm³/mol. The fraction of sp³-hybridized carbons (Fsp3) is 0.308. The first-order valence-electron chi connectivity index (χ1n) is 5.45. The van der Waals surface area contributed by atoms with Crippen molar-refractivity contribution in [3.63, 3.8) is 0 Å². The molecule has 0 bridgehead atoms. The molecular weight excluding hydrogens is 216 g/mol. The number of ether oxygens (including phenoxy) is 2. The number of rotatable bonds is 4. The molecule has 90 valence electrons. The Morgan fingerprint density at radius 1 is 1.18 bits per heavy atom. The fourth-order valence-corrected chi connectivity index (χ4v) is 1.50. The standard InChI is InChI=1S/C13H16N2O2/c1-10-8-14-13(15(10)2)9-17-12-6-4-11(16-3)5-7-12/h4-8H,9H2,1-3H3. The number of benzene rings is 1. The molecule has 0 aliphatic carbocycles. The zero-order valence-corrected chi connectivity index (χ0v) is 10.3. The van der Waals surface area contributed by atoms with Crippen LogP contribution in [0, 0.1) is 6.92 Å². The summed E-state index contributed by atoms with van der Waals surface area (Å²) < 4.78 is 12.7. The minimum atomic E-state index is 0.469. The Morgan fingerprint density at radius 3 is 2.35 bits per heavy atom. The predicted octanol–water partition coefficient (Wildman–Crippen LogP) is 2.32. The molecular formula is C13H16N2O2. The van der Waals surface area contributed by atoms with Crippen LogP contribution < -0.4 is 9.47 Å². The summed E-state index contributed by atoms with van der Waals surface area (Å²) in [4.78, 5) is 4.28. The molecule has 0 saturated heterocycles. The first-order valence-corrected chi connectivity index (χ1v) is 5.45. The number of nitrogens with zero attached hydrogens (tertiary/aromatic N) is 2. The van der Waals surface area contributed by atoms with Crippen molar-refractivity contribution in [3.05, 3.63) is 42.0 Å². The van der Waals surface area contributed by atoms with E-state index in [1.807, 2.05) is 49.0 Å². The van der Waals surface area contributed by atoms with E-state index in [9.17, 15) is 0 Å². The lowest BCUT2D eigenvalue weighted by Gasteiger charge is -2.07. The van der Waals surface area contributed by atoms with Crippen molar-refractivity contribution in [2.75, 3.05) is 7.11 Å². The smallest absolute Gasteiger partial charge is 0.146 e. The quantitative estimate of drug-likeness (QED) is 0.811. The lowest BCUT2D eigenvalue weighted by Crippen LogP contribution is -2.04. The first kappa shape index (κ1) is 11.5. The van der Waals surface area contributed by atoms with Crippen LogP contribution in [0.25, 0.3) is 0 Å². The van der Waals surface area contributed by atoms with Crippen LogP contribution in [0.15, 0.2) is 30.5 Å². The molecule has 0 aliphatic rings. The molecule has 0 unspecified atom stereocenters. The summed E-state index contributed by atoms with van der Waals surface area (Å²) in [5, 5.41) is 0. The molecule has 17 heavy (non-hydrogen) atoms. The van der Waals surface area contributed by atoms with Gasteiger partial charge in [-0.05, 0) is 31.2 Å². The van der Waals surface area contributed by atoms with Crippen molar-refractivity contribution in [1.82, 2.24) is 9.55 Å². The molecule has 0 fully saturated rings. The molecule has 0 saturated carbocycles. The molecule has 4 heteroatoms. The van der Waals surface area contributed by atoms with E-state index in [4.69, 9.17) is 9.47 Å². The highest BCUT2D eigenvalue weighted by Crippen LogP contribution is 2.18. The van der Waals surface area contributed by atoms with Crippen LogP contribution in [0.1, 0.15) is 11.5 Å². The van der Waals surface area contributed by atoms with Gasteiger partial charge in [0.2, 0.25) is 0 Å². The Morgan fingerprint density at radius 2 is 1.82 bits per heavy atom. The lowest BCUT2D eigenvalue weighted by molar-refractivity contribution is 0.291. The topological polar surface area (TPSA) is 36.3 Å². The summed E-state index contributed by atoms with van der Waals surface area (Å²) in [7, 11) is 3.63. The van der Waals surface area contributed by atoms with Gasteiger partial charge in [-0.1, -0.05) is 0 Å². The second-order valence-corrected chi connectivity index (χ2v) is 3.84. The van der Waals surface area contributed by atoms with Gasteiger partial charge in [-0.25, -0.2) is 4.98 Å². The number of aryl methyl sites for hydroxylation is 1. The Balaban J connectivity index is 2.00. The average molecular weight is 232 g/mol. The van der Waals surface area contributed by atoms with Crippen LogP contribution in [0.2, 0.25) is 0 Å². The molecule has 0 radical (unpaired) electrons. The molecule has 4 nitrogen and oxygen atoms in total. The van der Waals surface area contributed by atoms with Crippen molar-refractivity contribution >= 4 is 0 Å². The van der Waals surface area contributed by atoms with E-state index in [-0.39, 0.29) is 0 Å². The molecule has 1 aromatic heterocycles. The summed E-state index contributed by atoms with van der Waals surface area (Å²) >= 11 is 0. The van der Waals surface area contributed by atoms with E-state index in [1.54, 1.807) is 7.11 Å². The third-order valence-corrected chi connectivity index (χ3v) is 2.74. The minimum absolute atomic E-state index is 0.469. The van der Waals surface area contributed by atoms with Crippen LogP contribution in [-0.2, 0) is 13.7 Å². The van der Waals surface area contributed by atoms with E-state index < -0.39 is 0 Å². The monoisotopic (exact) mass is 232 g/mol. The first-order chi connectivity index (χ1) is 8.20. The van der Waals surface area contributed by atoms with Gasteiger partial charge in [0.05, 0.1) is 7.11 Å². The van der Waals surface area contributed by atoms with E-state index >= 15 is 0 Å². The molecule has 0 N–H and O–H groups in total. The van der Waals surface area contributed by atoms with Crippen LogP contribution in [0.3, 0.4) is 0 Å². The zero-order valence-electron chi connectivity index (χ0n) is 10.3.